The first-order valence-corrected chi connectivity index (χ1v) is 13.6. The van der Waals surface area contributed by atoms with E-state index in [2.05, 4.69) is 5.32 Å². The second-order valence-electron chi connectivity index (χ2n) is 8.92. The summed E-state index contributed by atoms with van der Waals surface area (Å²) in [6, 6.07) is 17.2. The van der Waals surface area contributed by atoms with Crippen molar-refractivity contribution in [3.05, 3.63) is 95.6 Å². The molecule has 0 saturated heterocycles. The normalized spacial score (nSPS) is 12.5. The first-order valence-electron chi connectivity index (χ1n) is 12.2. The van der Waals surface area contributed by atoms with E-state index >= 15 is 0 Å². The van der Waals surface area contributed by atoms with Crippen molar-refractivity contribution in [3.8, 4) is 0 Å². The Hall–Kier alpha value is -3.86. The number of benzene rings is 3. The second-order valence-corrected chi connectivity index (χ2v) is 10.8. The number of hydrogen-bond donors (Lipinski definition) is 1. The molecule has 7 nitrogen and oxygen atoms in total. The van der Waals surface area contributed by atoms with E-state index < -0.39 is 46.2 Å². The summed E-state index contributed by atoms with van der Waals surface area (Å²) in [5.74, 6) is -1.20. The lowest BCUT2D eigenvalue weighted by Crippen LogP contribution is -2.51. The van der Waals surface area contributed by atoms with Gasteiger partial charge >= 0.3 is 6.18 Å². The van der Waals surface area contributed by atoms with Crippen LogP contribution in [-0.4, -0.2) is 44.8 Å². The molecule has 1 atom stereocenters. The Morgan fingerprint density at radius 1 is 0.949 bits per heavy atom. The fourth-order valence-corrected chi connectivity index (χ4v) is 5.49. The summed E-state index contributed by atoms with van der Waals surface area (Å²) >= 11 is 0. The molecule has 0 saturated carbocycles. The van der Waals surface area contributed by atoms with E-state index in [0.29, 0.717) is 15.9 Å². The summed E-state index contributed by atoms with van der Waals surface area (Å²) in [5.41, 5.74) is 0.298. The van der Waals surface area contributed by atoms with Crippen molar-refractivity contribution >= 4 is 27.5 Å². The van der Waals surface area contributed by atoms with Gasteiger partial charge in [-0.2, -0.15) is 13.2 Å². The van der Waals surface area contributed by atoms with Crippen LogP contribution in [0.25, 0.3) is 0 Å². The lowest BCUT2D eigenvalue weighted by atomic mass is 10.1. The molecule has 3 aromatic carbocycles. The van der Waals surface area contributed by atoms with Gasteiger partial charge < -0.3 is 10.2 Å². The molecule has 0 radical (unpaired) electrons. The van der Waals surface area contributed by atoms with Crippen molar-refractivity contribution in [3.63, 3.8) is 0 Å². The molecule has 3 aromatic rings. The van der Waals surface area contributed by atoms with Crippen LogP contribution in [0.3, 0.4) is 0 Å². The molecule has 1 N–H and O–H groups in total. The third-order valence-corrected chi connectivity index (χ3v) is 7.97. The van der Waals surface area contributed by atoms with Crippen LogP contribution in [0.1, 0.15) is 30.0 Å². The highest BCUT2D eigenvalue weighted by Crippen LogP contribution is 2.33. The second kappa shape index (κ2) is 12.3. The minimum atomic E-state index is -4.73. The molecule has 0 bridgehead atoms. The van der Waals surface area contributed by atoms with Gasteiger partial charge in [-0.05, 0) is 49.2 Å². The summed E-state index contributed by atoms with van der Waals surface area (Å²) in [5, 5.41) is 2.52. The van der Waals surface area contributed by atoms with Crippen molar-refractivity contribution < 1.29 is 31.2 Å². The van der Waals surface area contributed by atoms with E-state index in [4.69, 9.17) is 0 Å². The van der Waals surface area contributed by atoms with Gasteiger partial charge in [-0.25, -0.2) is 8.42 Å². The van der Waals surface area contributed by atoms with Crippen molar-refractivity contribution in [2.75, 3.05) is 17.9 Å². The van der Waals surface area contributed by atoms with Gasteiger partial charge in [0.15, 0.2) is 0 Å². The number of aryl methyl sites for hydroxylation is 1. The SMILES string of the molecule is CC[C@H](C(=O)NC)N(Cc1ccc(C)cc1)C(=O)CN(c1cccc(C(F)(F)F)c1)S(=O)(=O)c1ccccc1. The average Bonchev–Trinajstić information content (AvgIpc) is 2.92. The summed E-state index contributed by atoms with van der Waals surface area (Å²) in [4.78, 5) is 27.6. The number of carbonyl (C=O) groups is 2. The number of sulfonamides is 1. The molecule has 11 heteroatoms. The zero-order valence-electron chi connectivity index (χ0n) is 21.8. The maximum atomic E-state index is 13.8. The maximum Gasteiger partial charge on any atom is 0.416 e. The van der Waals surface area contributed by atoms with E-state index in [1.807, 2.05) is 19.1 Å². The van der Waals surface area contributed by atoms with Crippen molar-refractivity contribution in [2.24, 2.45) is 0 Å². The van der Waals surface area contributed by atoms with Crippen LogP contribution in [-0.2, 0) is 32.3 Å². The first-order chi connectivity index (χ1) is 18.4. The molecule has 0 heterocycles. The number of nitrogens with zero attached hydrogens (tertiary/aromatic N) is 2. The molecule has 208 valence electrons. The molecule has 39 heavy (non-hydrogen) atoms. The Bertz CT molecular complexity index is 1400. The van der Waals surface area contributed by atoms with E-state index in [1.165, 1.54) is 42.3 Å². The molecule has 0 fully saturated rings. The van der Waals surface area contributed by atoms with Crippen LogP contribution >= 0.6 is 0 Å². The van der Waals surface area contributed by atoms with Gasteiger partial charge in [0.05, 0.1) is 16.1 Å². The molecule has 2 amide bonds. The number of amides is 2. The third kappa shape index (κ3) is 7.17. The number of hydrogen-bond acceptors (Lipinski definition) is 4. The molecule has 0 aliphatic rings. The molecule has 0 aliphatic carbocycles. The summed E-state index contributed by atoms with van der Waals surface area (Å²) in [6.45, 7) is 2.78. The maximum absolute atomic E-state index is 13.8. The van der Waals surface area contributed by atoms with Gasteiger partial charge in [-0.15, -0.1) is 0 Å². The Morgan fingerprint density at radius 2 is 1.59 bits per heavy atom. The van der Waals surface area contributed by atoms with Crippen molar-refractivity contribution in [1.29, 1.82) is 0 Å². The number of anilines is 1. The van der Waals surface area contributed by atoms with Crippen molar-refractivity contribution in [2.45, 2.75) is 43.9 Å². The predicted octanol–water partition coefficient (Wildman–Crippen LogP) is 4.76. The van der Waals surface area contributed by atoms with Gasteiger partial charge in [0.25, 0.3) is 10.0 Å². The van der Waals surface area contributed by atoms with Gasteiger partial charge in [0.1, 0.15) is 12.6 Å². The smallest absolute Gasteiger partial charge is 0.357 e. The molecule has 0 aliphatic heterocycles. The zero-order valence-corrected chi connectivity index (χ0v) is 22.6. The van der Waals surface area contributed by atoms with Crippen LogP contribution in [0.2, 0.25) is 0 Å². The highest BCUT2D eigenvalue weighted by Gasteiger charge is 2.35. The van der Waals surface area contributed by atoms with E-state index in [-0.39, 0.29) is 23.5 Å². The highest BCUT2D eigenvalue weighted by molar-refractivity contribution is 7.92. The number of carbonyl (C=O) groups excluding carboxylic acids is 2. The number of nitrogens with one attached hydrogen (secondary N) is 1. The van der Waals surface area contributed by atoms with Crippen LogP contribution in [0.5, 0.6) is 0 Å². The number of rotatable bonds is 10. The minimum absolute atomic E-state index is 0.00709. The van der Waals surface area contributed by atoms with Crippen LogP contribution in [0.4, 0.5) is 18.9 Å². The molecular weight excluding hydrogens is 531 g/mol. The van der Waals surface area contributed by atoms with Crippen LogP contribution in [0, 0.1) is 6.92 Å². The lowest BCUT2D eigenvalue weighted by Gasteiger charge is -2.33. The average molecular weight is 562 g/mol. The van der Waals surface area contributed by atoms with E-state index in [0.717, 1.165) is 17.7 Å². The Morgan fingerprint density at radius 3 is 2.15 bits per heavy atom. The number of alkyl halides is 3. The Balaban J connectivity index is 2.10. The predicted molar refractivity (Wildman–Crippen MR) is 142 cm³/mol. The topological polar surface area (TPSA) is 86.8 Å². The van der Waals surface area contributed by atoms with Gasteiger partial charge in [-0.3, -0.25) is 13.9 Å². The molecule has 0 spiro atoms. The van der Waals surface area contributed by atoms with Crippen LogP contribution in [0.15, 0.2) is 83.8 Å². The largest absolute Gasteiger partial charge is 0.416 e. The summed E-state index contributed by atoms with van der Waals surface area (Å²) in [6.07, 6.45) is -4.50. The standard InChI is InChI=1S/C28H30F3N3O4S/c1-4-25(27(36)32-3)33(18-21-15-13-20(2)14-16-21)26(35)19-34(39(37,38)24-11-6-5-7-12-24)23-10-8-9-22(17-23)28(29,30)31/h5-17,25H,4,18-19H2,1-3H3,(H,32,36)/t25-/m1/s1. The fourth-order valence-electron chi connectivity index (χ4n) is 4.06. The highest BCUT2D eigenvalue weighted by atomic mass is 32.2. The first kappa shape index (κ1) is 29.7. The number of halogens is 3. The van der Waals surface area contributed by atoms with E-state index in [9.17, 15) is 31.2 Å². The fraction of sp³-hybridized carbons (Fsp3) is 0.286. The monoisotopic (exact) mass is 561 g/mol. The molecule has 3 rings (SSSR count). The lowest BCUT2D eigenvalue weighted by molar-refractivity contribution is -0.140. The van der Waals surface area contributed by atoms with Gasteiger partial charge in [0.2, 0.25) is 11.8 Å². The Labute approximate surface area is 226 Å². The summed E-state index contributed by atoms with van der Waals surface area (Å²) in [7, 11) is -3.04. The molecule has 0 unspecified atom stereocenters. The van der Waals surface area contributed by atoms with Gasteiger partial charge in [-0.1, -0.05) is 61.0 Å². The Kier molecular flexibility index (Phi) is 9.39. The third-order valence-electron chi connectivity index (χ3n) is 6.18. The molecular formula is C28H30F3N3O4S. The quantitative estimate of drug-likeness (QED) is 0.387. The van der Waals surface area contributed by atoms with Crippen LogP contribution < -0.4 is 9.62 Å². The van der Waals surface area contributed by atoms with Crippen molar-refractivity contribution in [1.82, 2.24) is 10.2 Å². The molecule has 0 aromatic heterocycles. The summed E-state index contributed by atoms with van der Waals surface area (Å²) < 4.78 is 68.5. The minimum Gasteiger partial charge on any atom is -0.357 e. The van der Waals surface area contributed by atoms with E-state index in [1.54, 1.807) is 25.1 Å². The zero-order chi connectivity index (χ0) is 28.8. The number of likely N-dealkylation sites (N-methyl/N-ethyl adjacent to an activating group) is 1. The van der Waals surface area contributed by atoms with Gasteiger partial charge in [0, 0.05) is 13.6 Å².